The van der Waals surface area contributed by atoms with Crippen LogP contribution in [0, 0.1) is 11.8 Å². The fourth-order valence-corrected chi connectivity index (χ4v) is 2.01. The minimum absolute atomic E-state index is 0.238. The van der Waals surface area contributed by atoms with Crippen molar-refractivity contribution in [3.05, 3.63) is 28.6 Å². The van der Waals surface area contributed by atoms with Gasteiger partial charge < -0.3 is 15.0 Å². The highest BCUT2D eigenvalue weighted by molar-refractivity contribution is 9.10. The van der Waals surface area contributed by atoms with Crippen molar-refractivity contribution >= 4 is 32.9 Å². The van der Waals surface area contributed by atoms with Crippen molar-refractivity contribution in [1.29, 1.82) is 0 Å². The van der Waals surface area contributed by atoms with Crippen molar-refractivity contribution in [2.45, 2.75) is 0 Å². The average Bonchev–Trinajstić information content (AvgIpc) is 2.79. The molecule has 0 saturated carbocycles. The molecule has 2 N–H and O–H groups in total. The number of hydrogen-bond acceptors (Lipinski definition) is 3. The zero-order valence-electron chi connectivity index (χ0n) is 9.58. The third-order valence-electron chi connectivity index (χ3n) is 2.27. The number of aromatic nitrogens is 2. The molecule has 0 fully saturated rings. The standard InChI is InChI=1S/C12H10BrN3O2/c1-18-12(17)15-4-2-3-8-5-16-10-7-14-6-9(13)11(8)10/h5-7,16H,4H2,1H3,(H,15,17). The summed E-state index contributed by atoms with van der Waals surface area (Å²) in [5.74, 6) is 5.83. The van der Waals surface area contributed by atoms with Crippen LogP contribution in [0.1, 0.15) is 5.56 Å². The first-order valence-corrected chi connectivity index (χ1v) is 5.93. The Hall–Kier alpha value is -2.00. The highest BCUT2D eigenvalue weighted by Gasteiger charge is 2.04. The quantitative estimate of drug-likeness (QED) is 0.792. The molecule has 0 aliphatic heterocycles. The van der Waals surface area contributed by atoms with Gasteiger partial charge in [-0.3, -0.25) is 4.98 Å². The third kappa shape index (κ3) is 2.63. The topological polar surface area (TPSA) is 67.0 Å². The van der Waals surface area contributed by atoms with E-state index in [0.29, 0.717) is 0 Å². The van der Waals surface area contributed by atoms with Crippen LogP contribution < -0.4 is 5.32 Å². The Bertz CT molecular complexity index is 640. The number of fused-ring (bicyclic) bond motifs is 1. The molecule has 0 saturated heterocycles. The summed E-state index contributed by atoms with van der Waals surface area (Å²) in [6, 6.07) is 0. The van der Waals surface area contributed by atoms with Crippen LogP contribution in [-0.2, 0) is 4.74 Å². The third-order valence-corrected chi connectivity index (χ3v) is 2.87. The van der Waals surface area contributed by atoms with Crippen LogP contribution in [0.2, 0.25) is 0 Å². The number of alkyl carbamates (subject to hydrolysis) is 1. The van der Waals surface area contributed by atoms with Crippen LogP contribution >= 0.6 is 15.9 Å². The average molecular weight is 308 g/mol. The van der Waals surface area contributed by atoms with Crippen LogP contribution in [0.4, 0.5) is 4.79 Å². The molecular formula is C12H10BrN3O2. The lowest BCUT2D eigenvalue weighted by atomic mass is 10.2. The van der Waals surface area contributed by atoms with E-state index in [1.54, 1.807) is 12.4 Å². The van der Waals surface area contributed by atoms with Gasteiger partial charge in [0, 0.05) is 22.3 Å². The fraction of sp³-hybridized carbons (Fsp3) is 0.167. The predicted octanol–water partition coefficient (Wildman–Crippen LogP) is 2.03. The van der Waals surface area contributed by atoms with Crippen molar-refractivity contribution < 1.29 is 9.53 Å². The second-order valence-electron chi connectivity index (χ2n) is 3.39. The molecular weight excluding hydrogens is 298 g/mol. The van der Waals surface area contributed by atoms with E-state index in [0.717, 1.165) is 20.9 Å². The number of amides is 1. The summed E-state index contributed by atoms with van der Waals surface area (Å²) in [4.78, 5) is 18.0. The number of methoxy groups -OCH3 is 1. The monoisotopic (exact) mass is 307 g/mol. The van der Waals surface area contributed by atoms with Gasteiger partial charge in [-0.05, 0) is 15.9 Å². The molecule has 92 valence electrons. The van der Waals surface area contributed by atoms with Crippen molar-refractivity contribution in [3.63, 3.8) is 0 Å². The van der Waals surface area contributed by atoms with E-state index in [9.17, 15) is 4.79 Å². The minimum atomic E-state index is -0.492. The molecule has 0 aromatic carbocycles. The number of pyridine rings is 1. The highest BCUT2D eigenvalue weighted by Crippen LogP contribution is 2.24. The molecule has 0 spiro atoms. The van der Waals surface area contributed by atoms with Gasteiger partial charge >= 0.3 is 6.09 Å². The van der Waals surface area contributed by atoms with Crippen molar-refractivity contribution in [2.24, 2.45) is 0 Å². The molecule has 2 aromatic rings. The Morgan fingerprint density at radius 3 is 3.22 bits per heavy atom. The first kappa shape index (κ1) is 12.5. The molecule has 5 nitrogen and oxygen atoms in total. The number of rotatable bonds is 1. The number of nitrogens with one attached hydrogen (secondary N) is 2. The Balaban J connectivity index is 2.18. The van der Waals surface area contributed by atoms with Gasteiger partial charge in [-0.15, -0.1) is 0 Å². The molecule has 6 heteroatoms. The van der Waals surface area contributed by atoms with Crippen LogP contribution in [0.3, 0.4) is 0 Å². The Morgan fingerprint density at radius 2 is 2.44 bits per heavy atom. The number of aromatic amines is 1. The minimum Gasteiger partial charge on any atom is -0.453 e. The number of halogens is 1. The van der Waals surface area contributed by atoms with E-state index < -0.39 is 6.09 Å². The molecule has 2 aromatic heterocycles. The Labute approximate surface area is 112 Å². The van der Waals surface area contributed by atoms with Gasteiger partial charge in [0.05, 0.1) is 30.9 Å². The highest BCUT2D eigenvalue weighted by atomic mass is 79.9. The molecule has 0 radical (unpaired) electrons. The maximum absolute atomic E-state index is 10.8. The summed E-state index contributed by atoms with van der Waals surface area (Å²) < 4.78 is 5.32. The van der Waals surface area contributed by atoms with Gasteiger partial charge in [0.1, 0.15) is 0 Å². The number of ether oxygens (including phenoxy) is 1. The second-order valence-corrected chi connectivity index (χ2v) is 4.25. The lowest BCUT2D eigenvalue weighted by molar-refractivity contribution is 0.172. The van der Waals surface area contributed by atoms with E-state index in [2.05, 4.69) is 47.8 Å². The lowest BCUT2D eigenvalue weighted by Gasteiger charge is -1.96. The summed E-state index contributed by atoms with van der Waals surface area (Å²) in [6.45, 7) is 0.238. The summed E-state index contributed by atoms with van der Waals surface area (Å²) in [7, 11) is 1.31. The van der Waals surface area contributed by atoms with Crippen molar-refractivity contribution in [3.8, 4) is 11.8 Å². The van der Waals surface area contributed by atoms with Gasteiger partial charge in [-0.1, -0.05) is 11.8 Å². The summed E-state index contributed by atoms with van der Waals surface area (Å²) in [6.07, 6.45) is 4.77. The van der Waals surface area contributed by atoms with E-state index >= 15 is 0 Å². The summed E-state index contributed by atoms with van der Waals surface area (Å²) in [5.41, 5.74) is 1.76. The van der Waals surface area contributed by atoms with Crippen LogP contribution in [0.15, 0.2) is 23.1 Å². The van der Waals surface area contributed by atoms with Gasteiger partial charge in [0.15, 0.2) is 0 Å². The van der Waals surface area contributed by atoms with Crippen molar-refractivity contribution in [2.75, 3.05) is 13.7 Å². The molecule has 2 rings (SSSR count). The maximum Gasteiger partial charge on any atom is 0.407 e. The smallest absolute Gasteiger partial charge is 0.407 e. The number of H-pyrrole nitrogens is 1. The summed E-state index contributed by atoms with van der Waals surface area (Å²) in [5, 5.41) is 3.47. The molecule has 0 unspecified atom stereocenters. The van der Waals surface area contributed by atoms with Crippen LogP contribution in [0.5, 0.6) is 0 Å². The molecule has 1 amide bonds. The second kappa shape index (κ2) is 5.56. The molecule has 0 aliphatic carbocycles. The predicted molar refractivity (Wildman–Crippen MR) is 71.1 cm³/mol. The normalized spacial score (nSPS) is 9.67. The van der Waals surface area contributed by atoms with Crippen LogP contribution in [0.25, 0.3) is 10.9 Å². The number of hydrogen-bond donors (Lipinski definition) is 2. The Morgan fingerprint density at radius 1 is 1.61 bits per heavy atom. The van der Waals surface area contributed by atoms with Gasteiger partial charge in [0.25, 0.3) is 0 Å². The van der Waals surface area contributed by atoms with Crippen LogP contribution in [-0.4, -0.2) is 29.7 Å². The van der Waals surface area contributed by atoms with Gasteiger partial charge in [0.2, 0.25) is 0 Å². The molecule has 2 heterocycles. The lowest BCUT2D eigenvalue weighted by Crippen LogP contribution is -2.22. The van der Waals surface area contributed by atoms with Gasteiger partial charge in [-0.2, -0.15) is 0 Å². The number of carbonyl (C=O) groups is 1. The first-order chi connectivity index (χ1) is 8.72. The van der Waals surface area contributed by atoms with E-state index in [-0.39, 0.29) is 6.54 Å². The van der Waals surface area contributed by atoms with E-state index in [4.69, 9.17) is 0 Å². The van der Waals surface area contributed by atoms with E-state index in [1.165, 1.54) is 7.11 Å². The molecule has 0 bridgehead atoms. The fourth-order valence-electron chi connectivity index (χ4n) is 1.47. The molecule has 18 heavy (non-hydrogen) atoms. The zero-order chi connectivity index (χ0) is 13.0. The van der Waals surface area contributed by atoms with Crippen molar-refractivity contribution in [1.82, 2.24) is 15.3 Å². The summed E-state index contributed by atoms with van der Waals surface area (Å²) >= 11 is 3.43. The Kier molecular flexibility index (Phi) is 3.85. The maximum atomic E-state index is 10.8. The van der Waals surface area contributed by atoms with Gasteiger partial charge in [-0.25, -0.2) is 4.79 Å². The molecule has 0 atom stereocenters. The largest absolute Gasteiger partial charge is 0.453 e. The number of carbonyl (C=O) groups excluding carboxylic acids is 1. The molecule has 0 aliphatic rings. The SMILES string of the molecule is COC(=O)NCC#Cc1c[nH]c2cncc(Br)c12. The van der Waals surface area contributed by atoms with E-state index in [1.807, 2.05) is 6.20 Å². The first-order valence-electron chi connectivity index (χ1n) is 5.13. The zero-order valence-corrected chi connectivity index (χ0v) is 11.2. The number of nitrogens with zero attached hydrogens (tertiary/aromatic N) is 1.